The first-order valence-corrected chi connectivity index (χ1v) is 12.8. The summed E-state index contributed by atoms with van der Waals surface area (Å²) in [5.41, 5.74) is 6.72. The molecule has 1 aliphatic heterocycles. The van der Waals surface area contributed by atoms with Crippen molar-refractivity contribution in [3.8, 4) is 5.75 Å². The van der Waals surface area contributed by atoms with E-state index in [1.807, 2.05) is 40.8 Å². The SMILES string of the molecule is COc1cccc(Cl)c1Nc1nc(Nc2cnn(C3CCCN(C(=O)C=CCN(C)C)C3)c2)ncc1C(N)=O. The van der Waals surface area contributed by atoms with Crippen LogP contribution in [0.25, 0.3) is 0 Å². The topological polar surface area (TPSA) is 144 Å². The predicted molar refractivity (Wildman–Crippen MR) is 150 cm³/mol. The van der Waals surface area contributed by atoms with Crippen LogP contribution in [0, 0.1) is 0 Å². The summed E-state index contributed by atoms with van der Waals surface area (Å²) >= 11 is 6.34. The van der Waals surface area contributed by atoms with E-state index in [-0.39, 0.29) is 29.3 Å². The number of benzene rings is 1. The highest BCUT2D eigenvalue weighted by Crippen LogP contribution is 2.35. The monoisotopic (exact) mass is 553 g/mol. The van der Waals surface area contributed by atoms with E-state index < -0.39 is 5.91 Å². The van der Waals surface area contributed by atoms with Crippen molar-refractivity contribution < 1.29 is 14.3 Å². The summed E-state index contributed by atoms with van der Waals surface area (Å²) in [5, 5.41) is 11.0. The molecular weight excluding hydrogens is 522 g/mol. The Morgan fingerprint density at radius 3 is 2.85 bits per heavy atom. The van der Waals surface area contributed by atoms with E-state index in [1.165, 1.54) is 13.3 Å². The molecule has 2 aromatic heterocycles. The zero-order valence-corrected chi connectivity index (χ0v) is 22.9. The number of nitrogens with zero attached hydrogens (tertiary/aromatic N) is 6. The van der Waals surface area contributed by atoms with Crippen LogP contribution in [0.2, 0.25) is 5.02 Å². The number of piperidine rings is 1. The molecule has 1 aliphatic rings. The highest BCUT2D eigenvalue weighted by atomic mass is 35.5. The van der Waals surface area contributed by atoms with Gasteiger partial charge in [-0.1, -0.05) is 23.7 Å². The van der Waals surface area contributed by atoms with E-state index in [0.29, 0.717) is 35.2 Å². The molecule has 12 nitrogen and oxygen atoms in total. The molecule has 0 saturated carbocycles. The lowest BCUT2D eigenvalue weighted by molar-refractivity contribution is -0.127. The molecular formula is C26H32ClN9O3. The predicted octanol–water partition coefficient (Wildman–Crippen LogP) is 3.20. The lowest BCUT2D eigenvalue weighted by Gasteiger charge is -2.32. The number of likely N-dealkylation sites (tertiary alicyclic amines) is 1. The van der Waals surface area contributed by atoms with Gasteiger partial charge in [0.25, 0.3) is 5.91 Å². The molecule has 1 saturated heterocycles. The number of amides is 2. The number of halogens is 1. The molecule has 0 spiro atoms. The van der Waals surface area contributed by atoms with Crippen molar-refractivity contribution in [2.24, 2.45) is 5.73 Å². The van der Waals surface area contributed by atoms with Gasteiger partial charge in [-0.05, 0) is 39.1 Å². The van der Waals surface area contributed by atoms with Crippen molar-refractivity contribution in [1.82, 2.24) is 29.5 Å². The number of hydrogen-bond donors (Lipinski definition) is 3. The highest BCUT2D eigenvalue weighted by Gasteiger charge is 2.24. The second-order valence-electron chi connectivity index (χ2n) is 9.34. The van der Waals surface area contributed by atoms with Crippen LogP contribution in [0.3, 0.4) is 0 Å². The molecule has 1 aromatic carbocycles. The van der Waals surface area contributed by atoms with Gasteiger partial charge in [-0.25, -0.2) is 4.98 Å². The van der Waals surface area contributed by atoms with Crippen molar-refractivity contribution in [2.45, 2.75) is 18.9 Å². The van der Waals surface area contributed by atoms with Gasteiger partial charge in [0.15, 0.2) is 0 Å². The van der Waals surface area contributed by atoms with E-state index in [0.717, 1.165) is 19.4 Å². The zero-order valence-electron chi connectivity index (χ0n) is 22.1. The molecule has 206 valence electrons. The Labute approximate surface area is 231 Å². The summed E-state index contributed by atoms with van der Waals surface area (Å²) < 4.78 is 7.22. The molecule has 3 aromatic rings. The van der Waals surface area contributed by atoms with E-state index in [1.54, 1.807) is 30.5 Å². The fraction of sp³-hybridized carbons (Fsp3) is 0.346. The number of ether oxygens (including phenoxy) is 1. The van der Waals surface area contributed by atoms with Gasteiger partial charge in [-0.2, -0.15) is 10.1 Å². The molecule has 0 radical (unpaired) electrons. The number of primary amides is 1. The van der Waals surface area contributed by atoms with Crippen LogP contribution in [0.15, 0.2) is 48.9 Å². The lowest BCUT2D eigenvalue weighted by Crippen LogP contribution is -2.40. The lowest BCUT2D eigenvalue weighted by atomic mass is 10.1. The van der Waals surface area contributed by atoms with Crippen molar-refractivity contribution in [2.75, 3.05) is 51.5 Å². The number of methoxy groups -OCH3 is 1. The van der Waals surface area contributed by atoms with Gasteiger partial charge in [0.1, 0.15) is 22.8 Å². The fourth-order valence-electron chi connectivity index (χ4n) is 4.20. The minimum atomic E-state index is -0.698. The normalized spacial score (nSPS) is 15.5. The third-order valence-corrected chi connectivity index (χ3v) is 6.48. The largest absolute Gasteiger partial charge is 0.495 e. The van der Waals surface area contributed by atoms with Crippen LogP contribution < -0.4 is 21.1 Å². The molecule has 39 heavy (non-hydrogen) atoms. The molecule has 1 fully saturated rings. The first-order chi connectivity index (χ1) is 18.7. The fourth-order valence-corrected chi connectivity index (χ4v) is 4.42. The van der Waals surface area contributed by atoms with E-state index in [9.17, 15) is 9.59 Å². The second kappa shape index (κ2) is 12.6. The first-order valence-electron chi connectivity index (χ1n) is 12.4. The molecule has 1 atom stereocenters. The summed E-state index contributed by atoms with van der Waals surface area (Å²) in [6, 6.07) is 5.21. The Morgan fingerprint density at radius 1 is 1.28 bits per heavy atom. The van der Waals surface area contributed by atoms with Gasteiger partial charge in [-0.3, -0.25) is 14.3 Å². The summed E-state index contributed by atoms with van der Waals surface area (Å²) in [6.45, 7) is 2.01. The van der Waals surface area contributed by atoms with Gasteiger partial charge in [0.05, 0.1) is 30.1 Å². The van der Waals surface area contributed by atoms with Gasteiger partial charge < -0.3 is 30.9 Å². The van der Waals surface area contributed by atoms with Crippen LogP contribution in [-0.4, -0.2) is 82.2 Å². The molecule has 4 N–H and O–H groups in total. The van der Waals surface area contributed by atoms with E-state index in [2.05, 4.69) is 25.7 Å². The number of nitrogens with two attached hydrogens (primary N) is 1. The van der Waals surface area contributed by atoms with Gasteiger partial charge in [0.2, 0.25) is 11.9 Å². The van der Waals surface area contributed by atoms with E-state index in [4.69, 9.17) is 22.1 Å². The molecule has 13 heteroatoms. The van der Waals surface area contributed by atoms with Crippen molar-refractivity contribution in [1.29, 1.82) is 0 Å². The summed E-state index contributed by atoms with van der Waals surface area (Å²) in [5.74, 6) is 0.170. The average molecular weight is 554 g/mol. The summed E-state index contributed by atoms with van der Waals surface area (Å²) in [6.07, 6.45) is 10.1. The van der Waals surface area contributed by atoms with Crippen LogP contribution in [0.5, 0.6) is 5.75 Å². The maximum atomic E-state index is 12.6. The molecule has 1 unspecified atom stereocenters. The van der Waals surface area contributed by atoms with Crippen LogP contribution in [0.4, 0.5) is 23.1 Å². The summed E-state index contributed by atoms with van der Waals surface area (Å²) in [4.78, 5) is 37.2. The number of rotatable bonds is 10. The number of carbonyl (C=O) groups excluding carboxylic acids is 2. The minimum absolute atomic E-state index is 0.00479. The quantitative estimate of drug-likeness (QED) is 0.322. The van der Waals surface area contributed by atoms with Crippen LogP contribution in [-0.2, 0) is 4.79 Å². The highest BCUT2D eigenvalue weighted by molar-refractivity contribution is 6.33. The number of nitrogens with one attached hydrogen (secondary N) is 2. The van der Waals surface area contributed by atoms with Gasteiger partial charge in [0, 0.05) is 38.1 Å². The molecule has 2 amide bonds. The van der Waals surface area contributed by atoms with Crippen molar-refractivity contribution >= 4 is 46.6 Å². The number of aromatic nitrogens is 4. The second-order valence-corrected chi connectivity index (χ2v) is 9.75. The molecule has 3 heterocycles. The molecule has 4 rings (SSSR count). The maximum Gasteiger partial charge on any atom is 0.254 e. The Hall–Kier alpha value is -4.16. The van der Waals surface area contributed by atoms with E-state index >= 15 is 0 Å². The Balaban J connectivity index is 1.48. The average Bonchev–Trinajstić information content (AvgIpc) is 3.38. The number of likely N-dealkylation sites (N-methyl/N-ethyl adjacent to an activating group) is 1. The number of hydrogen-bond acceptors (Lipinski definition) is 9. The Bertz CT molecular complexity index is 1360. The molecule has 0 bridgehead atoms. The van der Waals surface area contributed by atoms with Crippen LogP contribution in [0.1, 0.15) is 29.2 Å². The Morgan fingerprint density at radius 2 is 2.10 bits per heavy atom. The smallest absolute Gasteiger partial charge is 0.254 e. The first kappa shape index (κ1) is 27.9. The van der Waals surface area contributed by atoms with Crippen LogP contribution >= 0.6 is 11.6 Å². The van der Waals surface area contributed by atoms with Crippen molar-refractivity contribution in [3.05, 3.63) is 59.5 Å². The third kappa shape index (κ3) is 7.03. The third-order valence-electron chi connectivity index (χ3n) is 6.16. The number of carbonyl (C=O) groups is 2. The van der Waals surface area contributed by atoms with Crippen molar-refractivity contribution in [3.63, 3.8) is 0 Å². The minimum Gasteiger partial charge on any atom is -0.495 e. The standard InChI is InChI=1S/C26H32ClN9O3/c1-34(2)11-6-10-22(37)35-12-5-7-18(16-35)36-15-17(13-30-36)31-26-29-14-19(24(28)38)25(33-26)32-23-20(27)8-4-9-21(23)39-3/h4,6,8-10,13-15,18H,5,7,11-12,16H2,1-3H3,(H2,28,38)(H2,29,31,32,33). The zero-order chi connectivity index (χ0) is 27.9. The number of para-hydroxylation sites is 1. The van der Waals surface area contributed by atoms with Gasteiger partial charge >= 0.3 is 0 Å². The Kier molecular flexibility index (Phi) is 8.99. The summed E-state index contributed by atoms with van der Waals surface area (Å²) in [7, 11) is 5.43. The van der Waals surface area contributed by atoms with Gasteiger partial charge in [-0.15, -0.1) is 0 Å². The number of anilines is 4. The molecule has 0 aliphatic carbocycles. The maximum absolute atomic E-state index is 12.6.